The molecule has 1 N–H and O–H groups in total. The first-order valence-electron chi connectivity index (χ1n) is 7.52. The zero-order valence-electron chi connectivity index (χ0n) is 12.1. The van der Waals surface area contributed by atoms with Gasteiger partial charge in [0, 0.05) is 25.7 Å². The van der Waals surface area contributed by atoms with Crippen molar-refractivity contribution < 1.29 is 0 Å². The number of likely N-dealkylation sites (N-methyl/N-ethyl adjacent to an activating group) is 1. The number of rotatable bonds is 11. The van der Waals surface area contributed by atoms with Gasteiger partial charge in [0.15, 0.2) is 0 Å². The zero-order valence-corrected chi connectivity index (χ0v) is 12.1. The van der Waals surface area contributed by atoms with Crippen LogP contribution in [0.3, 0.4) is 0 Å². The van der Waals surface area contributed by atoms with Gasteiger partial charge >= 0.3 is 0 Å². The highest BCUT2D eigenvalue weighted by Gasteiger charge is 1.98. The van der Waals surface area contributed by atoms with Crippen LogP contribution in [0.15, 0.2) is 12.5 Å². The predicted octanol–water partition coefficient (Wildman–Crippen LogP) is 3.40. The Balaban J connectivity index is 2.03. The summed E-state index contributed by atoms with van der Waals surface area (Å²) in [6, 6.07) is 0. The molecule has 104 valence electrons. The molecule has 3 nitrogen and oxygen atoms in total. The molecule has 18 heavy (non-hydrogen) atoms. The number of hydrogen-bond acceptors (Lipinski definition) is 2. The molecular formula is C15H29N3. The Kier molecular flexibility index (Phi) is 8.57. The van der Waals surface area contributed by atoms with Crippen LogP contribution in [0.4, 0.5) is 0 Å². The average Bonchev–Trinajstić information content (AvgIpc) is 2.83. The van der Waals surface area contributed by atoms with Crippen LogP contribution in [-0.4, -0.2) is 23.1 Å². The van der Waals surface area contributed by atoms with E-state index in [-0.39, 0.29) is 0 Å². The van der Waals surface area contributed by atoms with Gasteiger partial charge in [-0.2, -0.15) is 0 Å². The Hall–Kier alpha value is -0.830. The summed E-state index contributed by atoms with van der Waals surface area (Å²) >= 11 is 0. The molecule has 0 radical (unpaired) electrons. The third-order valence-electron chi connectivity index (χ3n) is 3.34. The van der Waals surface area contributed by atoms with Crippen molar-refractivity contribution in [1.82, 2.24) is 14.9 Å². The van der Waals surface area contributed by atoms with E-state index in [2.05, 4.69) is 28.0 Å². The number of aromatic nitrogens is 2. The second-order valence-corrected chi connectivity index (χ2v) is 5.08. The quantitative estimate of drug-likeness (QED) is 0.611. The van der Waals surface area contributed by atoms with E-state index in [1.165, 1.54) is 50.6 Å². The Morgan fingerprint density at radius 2 is 1.83 bits per heavy atom. The minimum absolute atomic E-state index is 1.01. The van der Waals surface area contributed by atoms with Gasteiger partial charge in [-0.1, -0.05) is 45.4 Å². The van der Waals surface area contributed by atoms with Crippen LogP contribution in [0.2, 0.25) is 0 Å². The van der Waals surface area contributed by atoms with Gasteiger partial charge in [0.25, 0.3) is 0 Å². The van der Waals surface area contributed by atoms with Gasteiger partial charge in [0.1, 0.15) is 0 Å². The van der Waals surface area contributed by atoms with Crippen LogP contribution in [0.1, 0.15) is 57.6 Å². The van der Waals surface area contributed by atoms with Crippen LogP contribution in [0.5, 0.6) is 0 Å². The molecule has 0 spiro atoms. The summed E-state index contributed by atoms with van der Waals surface area (Å²) in [6.45, 7) is 4.40. The molecule has 1 heterocycles. The molecular weight excluding hydrogens is 222 g/mol. The summed E-state index contributed by atoms with van der Waals surface area (Å²) in [5, 5.41) is 3.15. The van der Waals surface area contributed by atoms with Gasteiger partial charge < -0.3 is 9.88 Å². The summed E-state index contributed by atoms with van der Waals surface area (Å²) in [5.41, 5.74) is 1.20. The van der Waals surface area contributed by atoms with Crippen molar-refractivity contribution >= 4 is 0 Å². The summed E-state index contributed by atoms with van der Waals surface area (Å²) in [4.78, 5) is 4.42. The van der Waals surface area contributed by atoms with Gasteiger partial charge in [0.2, 0.25) is 0 Å². The van der Waals surface area contributed by atoms with E-state index < -0.39 is 0 Å². The number of hydrogen-bond donors (Lipinski definition) is 1. The van der Waals surface area contributed by atoms with Crippen LogP contribution in [0, 0.1) is 0 Å². The maximum atomic E-state index is 4.42. The smallest absolute Gasteiger partial charge is 0.0949 e. The molecule has 0 fully saturated rings. The van der Waals surface area contributed by atoms with Gasteiger partial charge in [-0.15, -0.1) is 0 Å². The van der Waals surface area contributed by atoms with Gasteiger partial charge in [-0.05, 0) is 13.5 Å². The summed E-state index contributed by atoms with van der Waals surface area (Å²) < 4.78 is 2.23. The number of nitrogens with one attached hydrogen (secondary N) is 1. The van der Waals surface area contributed by atoms with Crippen molar-refractivity contribution in [3.8, 4) is 0 Å². The van der Waals surface area contributed by atoms with Crippen molar-refractivity contribution in [2.24, 2.45) is 0 Å². The van der Waals surface area contributed by atoms with Crippen molar-refractivity contribution in [3.05, 3.63) is 18.2 Å². The maximum Gasteiger partial charge on any atom is 0.0949 e. The molecule has 1 aromatic heterocycles. The third kappa shape index (κ3) is 6.80. The van der Waals surface area contributed by atoms with Crippen molar-refractivity contribution in [1.29, 1.82) is 0 Å². The van der Waals surface area contributed by atoms with Crippen molar-refractivity contribution in [3.63, 3.8) is 0 Å². The number of unbranched alkanes of at least 4 members (excludes halogenated alkanes) is 6. The topological polar surface area (TPSA) is 29.9 Å². The molecule has 1 aromatic rings. The molecule has 0 saturated heterocycles. The molecule has 0 saturated carbocycles. The van der Waals surface area contributed by atoms with Gasteiger partial charge in [-0.3, -0.25) is 0 Å². The summed E-state index contributed by atoms with van der Waals surface area (Å²) in [7, 11) is 1.98. The minimum Gasteiger partial charge on any atom is -0.337 e. The van der Waals surface area contributed by atoms with Crippen molar-refractivity contribution in [2.75, 3.05) is 13.6 Å². The molecule has 0 aliphatic rings. The third-order valence-corrected chi connectivity index (χ3v) is 3.34. The average molecular weight is 251 g/mol. The Morgan fingerprint density at radius 3 is 2.56 bits per heavy atom. The Labute approximate surface area is 112 Å². The molecule has 0 aromatic carbocycles. The Morgan fingerprint density at radius 1 is 1.11 bits per heavy atom. The second-order valence-electron chi connectivity index (χ2n) is 5.08. The van der Waals surface area contributed by atoms with E-state index in [1.54, 1.807) is 0 Å². The van der Waals surface area contributed by atoms with Crippen LogP contribution >= 0.6 is 0 Å². The van der Waals surface area contributed by atoms with Crippen LogP contribution in [-0.2, 0) is 13.0 Å². The summed E-state index contributed by atoms with van der Waals surface area (Å²) in [6.07, 6.45) is 14.8. The lowest BCUT2D eigenvalue weighted by Gasteiger charge is -2.02. The van der Waals surface area contributed by atoms with E-state index in [9.17, 15) is 0 Å². The molecule has 3 heteroatoms. The normalized spacial score (nSPS) is 11.0. The second kappa shape index (κ2) is 10.1. The molecule has 0 aliphatic heterocycles. The zero-order chi connectivity index (χ0) is 13.1. The standard InChI is InChI=1S/C15H29N3/c1-3-4-5-6-7-8-9-12-18-13-15(17-14-18)10-11-16-2/h13-14,16H,3-12H2,1-2H3. The number of aryl methyl sites for hydroxylation is 1. The van der Waals surface area contributed by atoms with E-state index >= 15 is 0 Å². The predicted molar refractivity (Wildman–Crippen MR) is 77.9 cm³/mol. The largest absolute Gasteiger partial charge is 0.337 e. The van der Waals surface area contributed by atoms with Crippen LogP contribution < -0.4 is 5.32 Å². The summed E-state index contributed by atoms with van der Waals surface area (Å²) in [5.74, 6) is 0. The monoisotopic (exact) mass is 251 g/mol. The molecule has 0 atom stereocenters. The fraction of sp³-hybridized carbons (Fsp3) is 0.800. The lowest BCUT2D eigenvalue weighted by Crippen LogP contribution is -2.10. The first-order valence-corrected chi connectivity index (χ1v) is 7.52. The highest BCUT2D eigenvalue weighted by molar-refractivity contribution is 4.97. The van der Waals surface area contributed by atoms with Crippen molar-refractivity contribution in [2.45, 2.75) is 64.8 Å². The fourth-order valence-electron chi connectivity index (χ4n) is 2.16. The first kappa shape index (κ1) is 15.2. The highest BCUT2D eigenvalue weighted by atomic mass is 15.0. The lowest BCUT2D eigenvalue weighted by atomic mass is 10.1. The number of nitrogens with zero attached hydrogens (tertiary/aromatic N) is 2. The molecule has 1 rings (SSSR count). The van der Waals surface area contributed by atoms with E-state index in [4.69, 9.17) is 0 Å². The molecule has 0 bridgehead atoms. The van der Waals surface area contributed by atoms with E-state index in [0.717, 1.165) is 19.5 Å². The SMILES string of the molecule is CCCCCCCCCn1cnc(CCNC)c1. The maximum absolute atomic E-state index is 4.42. The van der Waals surface area contributed by atoms with Crippen LogP contribution in [0.25, 0.3) is 0 Å². The molecule has 0 unspecified atom stereocenters. The first-order chi connectivity index (χ1) is 8.86. The number of imidazole rings is 1. The van der Waals surface area contributed by atoms with Gasteiger partial charge in [-0.25, -0.2) is 4.98 Å². The minimum atomic E-state index is 1.01. The lowest BCUT2D eigenvalue weighted by molar-refractivity contribution is 0.549. The van der Waals surface area contributed by atoms with Gasteiger partial charge in [0.05, 0.1) is 12.0 Å². The van der Waals surface area contributed by atoms with E-state index in [0.29, 0.717) is 0 Å². The molecule has 0 amide bonds. The molecule has 0 aliphatic carbocycles. The highest BCUT2D eigenvalue weighted by Crippen LogP contribution is 2.08. The van der Waals surface area contributed by atoms with E-state index in [1.807, 2.05) is 13.4 Å². The fourth-order valence-corrected chi connectivity index (χ4v) is 2.16. The Bertz CT molecular complexity index is 294.